The third kappa shape index (κ3) is 4.14. The van der Waals surface area contributed by atoms with Crippen LogP contribution in [0.4, 0.5) is 0 Å². The first kappa shape index (κ1) is 21.7. The predicted octanol–water partition coefficient (Wildman–Crippen LogP) is 4.76. The van der Waals surface area contributed by atoms with Crippen molar-refractivity contribution >= 4 is 16.6 Å². The zero-order valence-electron chi connectivity index (χ0n) is 18.3. The molecule has 0 amide bonds. The molecule has 3 aromatic heterocycles. The second kappa shape index (κ2) is 10.2. The lowest BCUT2D eigenvalue weighted by molar-refractivity contribution is 0.446. The first-order chi connectivity index (χ1) is 14.8. The average molecular weight is 406 g/mol. The summed E-state index contributed by atoms with van der Waals surface area (Å²) >= 11 is 0. The Labute approximate surface area is 177 Å². The molecule has 0 bridgehead atoms. The summed E-state index contributed by atoms with van der Waals surface area (Å²) in [4.78, 5) is 19.9. The van der Waals surface area contributed by atoms with E-state index >= 15 is 0 Å². The lowest BCUT2D eigenvalue weighted by Gasteiger charge is -2.23. The number of hydrogen-bond acceptors (Lipinski definition) is 4. The molecule has 0 aliphatic carbocycles. The first-order valence-corrected chi connectivity index (χ1v) is 11.0. The quantitative estimate of drug-likeness (QED) is 0.504. The molecule has 1 saturated heterocycles. The van der Waals surface area contributed by atoms with E-state index in [-0.39, 0.29) is 5.56 Å². The lowest BCUT2D eigenvalue weighted by Crippen LogP contribution is -2.28. The van der Waals surface area contributed by atoms with Gasteiger partial charge in [0.15, 0.2) is 0 Å². The number of nitrogens with one attached hydrogen (secondary N) is 2. The van der Waals surface area contributed by atoms with Crippen LogP contribution in [0.2, 0.25) is 0 Å². The zero-order valence-corrected chi connectivity index (χ0v) is 18.3. The van der Waals surface area contributed by atoms with Crippen molar-refractivity contribution in [2.75, 3.05) is 13.1 Å². The molecule has 4 heterocycles. The van der Waals surface area contributed by atoms with Crippen LogP contribution in [0.5, 0.6) is 0 Å². The maximum absolute atomic E-state index is 12.4. The van der Waals surface area contributed by atoms with Gasteiger partial charge in [-0.25, -0.2) is 4.52 Å². The van der Waals surface area contributed by atoms with E-state index in [0.29, 0.717) is 5.92 Å². The van der Waals surface area contributed by atoms with Gasteiger partial charge >= 0.3 is 0 Å². The Morgan fingerprint density at radius 3 is 2.47 bits per heavy atom. The molecule has 0 saturated carbocycles. The molecule has 6 heteroatoms. The van der Waals surface area contributed by atoms with Crippen LogP contribution < -0.4 is 10.9 Å². The number of H-pyrrole nitrogens is 1. The van der Waals surface area contributed by atoms with Gasteiger partial charge in [-0.2, -0.15) is 5.10 Å². The van der Waals surface area contributed by atoms with Crippen molar-refractivity contribution in [2.24, 2.45) is 0 Å². The molecule has 4 aromatic rings. The molecule has 5 rings (SSSR count). The van der Waals surface area contributed by atoms with Crippen LogP contribution in [0, 0.1) is 0 Å². The number of fused-ring (bicyclic) bond motifs is 3. The number of aromatic nitrogens is 4. The van der Waals surface area contributed by atoms with E-state index < -0.39 is 0 Å². The van der Waals surface area contributed by atoms with Gasteiger partial charge in [0.05, 0.1) is 22.3 Å². The summed E-state index contributed by atoms with van der Waals surface area (Å²) in [6.45, 7) is 9.94. The monoisotopic (exact) mass is 405 g/mol. The largest absolute Gasteiger partial charge is 0.317 e. The summed E-state index contributed by atoms with van der Waals surface area (Å²) in [7, 11) is 0. The van der Waals surface area contributed by atoms with Gasteiger partial charge in [-0.3, -0.25) is 9.78 Å². The highest BCUT2D eigenvalue weighted by Gasteiger charge is 2.21. The van der Waals surface area contributed by atoms with E-state index in [0.717, 1.165) is 59.4 Å². The molecule has 6 nitrogen and oxygen atoms in total. The predicted molar refractivity (Wildman–Crippen MR) is 124 cm³/mol. The van der Waals surface area contributed by atoms with Crippen molar-refractivity contribution in [3.63, 3.8) is 0 Å². The average Bonchev–Trinajstić information content (AvgIpc) is 3.21. The van der Waals surface area contributed by atoms with Gasteiger partial charge < -0.3 is 10.3 Å². The van der Waals surface area contributed by atoms with Crippen molar-refractivity contribution in [3.8, 4) is 11.3 Å². The lowest BCUT2D eigenvalue weighted by atomic mass is 9.94. The maximum Gasteiger partial charge on any atom is 0.251 e. The molecule has 1 aliphatic rings. The van der Waals surface area contributed by atoms with Crippen LogP contribution in [0.3, 0.4) is 0 Å². The van der Waals surface area contributed by atoms with E-state index in [4.69, 9.17) is 5.10 Å². The number of rotatable bonds is 2. The molecule has 158 valence electrons. The Kier molecular flexibility index (Phi) is 7.36. The number of hydrogen-bond donors (Lipinski definition) is 2. The minimum absolute atomic E-state index is 0.0799. The van der Waals surface area contributed by atoms with Crippen molar-refractivity contribution in [3.05, 3.63) is 64.7 Å². The maximum atomic E-state index is 12.4. The molecule has 0 spiro atoms. The number of aromatic amines is 1. The minimum Gasteiger partial charge on any atom is -0.317 e. The van der Waals surface area contributed by atoms with E-state index in [1.165, 1.54) is 0 Å². The Morgan fingerprint density at radius 2 is 1.77 bits per heavy atom. The van der Waals surface area contributed by atoms with E-state index in [1.807, 2.05) is 68.6 Å². The number of piperidine rings is 1. The molecule has 0 unspecified atom stereocenters. The summed E-state index contributed by atoms with van der Waals surface area (Å²) in [6, 6.07) is 13.6. The van der Waals surface area contributed by atoms with Crippen molar-refractivity contribution in [1.29, 1.82) is 0 Å². The van der Waals surface area contributed by atoms with Crippen molar-refractivity contribution in [2.45, 2.75) is 46.5 Å². The van der Waals surface area contributed by atoms with E-state index in [2.05, 4.69) is 15.3 Å². The van der Waals surface area contributed by atoms with Crippen LogP contribution in [0.25, 0.3) is 27.8 Å². The van der Waals surface area contributed by atoms with Crippen LogP contribution >= 0.6 is 0 Å². The third-order valence-corrected chi connectivity index (χ3v) is 5.16. The van der Waals surface area contributed by atoms with Gasteiger partial charge in [-0.15, -0.1) is 0 Å². The summed E-state index contributed by atoms with van der Waals surface area (Å²) in [6.07, 6.45) is 3.81. The molecular weight excluding hydrogens is 374 g/mol. The molecule has 1 aromatic carbocycles. The number of pyridine rings is 1. The number of nitrogens with zero attached hydrogens (tertiary/aromatic N) is 3. The standard InChI is InChI=1S/C20H19N5O.2C2H6/c26-18-12-17(13-7-10-21-11-8-13)25-20(23-18)19-14(4-3-6-16(19)24-25)15-5-1-2-9-22-15;2*1-2/h1-6,9,12-13,21H,7-8,10-11H2,(H,23,26);2*1-2H3. The summed E-state index contributed by atoms with van der Waals surface area (Å²) in [5.74, 6) is 0.341. The Morgan fingerprint density at radius 1 is 1.00 bits per heavy atom. The summed E-state index contributed by atoms with van der Waals surface area (Å²) < 4.78 is 1.93. The topological polar surface area (TPSA) is 75.1 Å². The van der Waals surface area contributed by atoms with Gasteiger partial charge in [0.1, 0.15) is 5.65 Å². The van der Waals surface area contributed by atoms with E-state index in [1.54, 1.807) is 12.3 Å². The molecule has 0 atom stereocenters. The first-order valence-electron chi connectivity index (χ1n) is 11.0. The van der Waals surface area contributed by atoms with Gasteiger partial charge in [-0.05, 0) is 44.1 Å². The van der Waals surface area contributed by atoms with Crippen molar-refractivity contribution < 1.29 is 0 Å². The summed E-state index contributed by atoms with van der Waals surface area (Å²) in [5.41, 5.74) is 4.39. The molecule has 30 heavy (non-hydrogen) atoms. The number of benzene rings is 1. The van der Waals surface area contributed by atoms with Gasteiger partial charge in [0.2, 0.25) is 0 Å². The van der Waals surface area contributed by atoms with Crippen molar-refractivity contribution in [1.82, 2.24) is 24.9 Å². The fourth-order valence-electron chi connectivity index (χ4n) is 3.93. The smallest absolute Gasteiger partial charge is 0.251 e. The van der Waals surface area contributed by atoms with E-state index in [9.17, 15) is 4.79 Å². The highest BCUT2D eigenvalue weighted by molar-refractivity contribution is 6.03. The second-order valence-corrected chi connectivity index (χ2v) is 6.76. The van der Waals surface area contributed by atoms with Gasteiger partial charge in [0.25, 0.3) is 5.56 Å². The SMILES string of the molecule is CC.CC.O=c1cc(C2CCNCC2)n2nc3cccc(-c4ccccn4)c3c2[nH]1. The fraction of sp³-hybridized carbons (Fsp3) is 0.375. The van der Waals surface area contributed by atoms with Crippen LogP contribution in [-0.4, -0.2) is 32.7 Å². The Hall–Kier alpha value is -2.99. The highest BCUT2D eigenvalue weighted by atomic mass is 16.1. The van der Waals surface area contributed by atoms with Crippen LogP contribution in [0.1, 0.15) is 52.1 Å². The molecule has 0 radical (unpaired) electrons. The molecular formula is C24H31N5O. The van der Waals surface area contributed by atoms with Gasteiger partial charge in [0, 0.05) is 23.7 Å². The zero-order chi connectivity index (χ0) is 21.5. The minimum atomic E-state index is -0.0799. The van der Waals surface area contributed by atoms with Gasteiger partial charge in [-0.1, -0.05) is 45.9 Å². The highest BCUT2D eigenvalue weighted by Crippen LogP contribution is 2.32. The summed E-state index contributed by atoms with van der Waals surface area (Å²) in [5, 5.41) is 9.14. The third-order valence-electron chi connectivity index (χ3n) is 5.16. The molecule has 1 fully saturated rings. The fourth-order valence-corrected chi connectivity index (χ4v) is 3.93. The second-order valence-electron chi connectivity index (χ2n) is 6.76. The molecule has 1 aliphatic heterocycles. The Balaban J connectivity index is 0.000000606. The Bertz CT molecular complexity index is 1140. The normalized spacial score (nSPS) is 14.0. The molecule has 2 N–H and O–H groups in total. The van der Waals surface area contributed by atoms with Crippen LogP contribution in [0.15, 0.2) is 53.5 Å². The van der Waals surface area contributed by atoms with Crippen LogP contribution in [-0.2, 0) is 0 Å².